The molecule has 2 rings (SSSR count). The third-order valence-electron chi connectivity index (χ3n) is 2.60. The highest BCUT2D eigenvalue weighted by atomic mass is 35.5. The molecule has 2 aromatic rings. The van der Waals surface area contributed by atoms with E-state index in [1.807, 2.05) is 6.92 Å². The van der Waals surface area contributed by atoms with E-state index < -0.39 is 10.0 Å². The lowest BCUT2D eigenvalue weighted by atomic mass is 10.2. The zero-order chi connectivity index (χ0) is 14.9. The van der Waals surface area contributed by atoms with Gasteiger partial charge in [-0.25, -0.2) is 13.4 Å². The van der Waals surface area contributed by atoms with Crippen molar-refractivity contribution in [3.05, 3.63) is 51.8 Å². The number of pyridine rings is 1. The fourth-order valence-electron chi connectivity index (χ4n) is 1.65. The SMILES string of the molecule is Cc1ccc(S(=O)(=O)Nc2cc(C)cnc2Cl)c(Cl)c1. The molecule has 0 unspecified atom stereocenters. The Morgan fingerprint density at radius 2 is 1.80 bits per heavy atom. The van der Waals surface area contributed by atoms with Gasteiger partial charge in [0.05, 0.1) is 10.7 Å². The largest absolute Gasteiger partial charge is 0.276 e. The number of rotatable bonds is 3. The van der Waals surface area contributed by atoms with Crippen LogP contribution in [0.15, 0.2) is 35.4 Å². The van der Waals surface area contributed by atoms with Gasteiger partial charge in [0.25, 0.3) is 10.0 Å². The maximum Gasteiger partial charge on any atom is 0.263 e. The average molecular weight is 331 g/mol. The van der Waals surface area contributed by atoms with Crippen molar-refractivity contribution in [1.29, 1.82) is 0 Å². The van der Waals surface area contributed by atoms with Gasteiger partial charge in [0.1, 0.15) is 4.90 Å². The van der Waals surface area contributed by atoms with Crippen LogP contribution in [0.25, 0.3) is 0 Å². The van der Waals surface area contributed by atoms with Gasteiger partial charge in [-0.1, -0.05) is 29.3 Å². The number of benzene rings is 1. The molecule has 0 bridgehead atoms. The lowest BCUT2D eigenvalue weighted by molar-refractivity contribution is 0.601. The molecule has 0 atom stereocenters. The van der Waals surface area contributed by atoms with E-state index in [9.17, 15) is 8.42 Å². The average Bonchev–Trinajstić information content (AvgIpc) is 2.33. The third-order valence-corrected chi connectivity index (χ3v) is 4.75. The van der Waals surface area contributed by atoms with Crippen LogP contribution in [0.3, 0.4) is 0 Å². The molecule has 20 heavy (non-hydrogen) atoms. The monoisotopic (exact) mass is 330 g/mol. The lowest BCUT2D eigenvalue weighted by Crippen LogP contribution is -2.14. The Hall–Kier alpha value is -1.30. The number of halogens is 2. The summed E-state index contributed by atoms with van der Waals surface area (Å²) in [5, 5.41) is 0.247. The highest BCUT2D eigenvalue weighted by Gasteiger charge is 2.19. The van der Waals surface area contributed by atoms with Crippen LogP contribution >= 0.6 is 23.2 Å². The highest BCUT2D eigenvalue weighted by molar-refractivity contribution is 7.92. The Morgan fingerprint density at radius 3 is 2.45 bits per heavy atom. The van der Waals surface area contributed by atoms with E-state index in [1.54, 1.807) is 31.3 Å². The van der Waals surface area contributed by atoms with E-state index >= 15 is 0 Å². The van der Waals surface area contributed by atoms with Crippen LogP contribution in [-0.2, 0) is 10.0 Å². The molecule has 0 saturated carbocycles. The number of aryl methyl sites for hydroxylation is 2. The first-order valence-corrected chi connectivity index (χ1v) is 7.94. The Bertz CT molecular complexity index is 761. The Kier molecular flexibility index (Phi) is 4.22. The molecule has 1 heterocycles. The molecule has 0 radical (unpaired) electrons. The smallest absolute Gasteiger partial charge is 0.263 e. The zero-order valence-corrected chi connectivity index (χ0v) is 13.1. The molecule has 0 saturated heterocycles. The van der Waals surface area contributed by atoms with E-state index in [2.05, 4.69) is 9.71 Å². The van der Waals surface area contributed by atoms with Crippen molar-refractivity contribution in [3.8, 4) is 0 Å². The summed E-state index contributed by atoms with van der Waals surface area (Å²) in [6.45, 7) is 3.62. The van der Waals surface area contributed by atoms with Crippen LogP contribution in [0, 0.1) is 13.8 Å². The molecule has 0 aliphatic carbocycles. The minimum atomic E-state index is -3.81. The number of hydrogen-bond acceptors (Lipinski definition) is 3. The first-order chi connectivity index (χ1) is 9.29. The number of aromatic nitrogens is 1. The molecule has 1 N–H and O–H groups in total. The van der Waals surface area contributed by atoms with E-state index in [4.69, 9.17) is 23.2 Å². The highest BCUT2D eigenvalue weighted by Crippen LogP contribution is 2.27. The first kappa shape index (κ1) is 15.1. The van der Waals surface area contributed by atoms with Gasteiger partial charge in [-0.05, 0) is 43.2 Å². The normalized spacial score (nSPS) is 11.4. The molecule has 1 aromatic heterocycles. The van der Waals surface area contributed by atoms with E-state index in [-0.39, 0.29) is 20.8 Å². The fraction of sp³-hybridized carbons (Fsp3) is 0.154. The zero-order valence-electron chi connectivity index (χ0n) is 10.8. The van der Waals surface area contributed by atoms with Gasteiger partial charge in [-0.3, -0.25) is 4.72 Å². The topological polar surface area (TPSA) is 59.1 Å². The summed E-state index contributed by atoms with van der Waals surface area (Å²) in [6.07, 6.45) is 1.55. The van der Waals surface area contributed by atoms with Gasteiger partial charge in [-0.2, -0.15) is 0 Å². The van der Waals surface area contributed by atoms with Crippen LogP contribution < -0.4 is 4.72 Å². The summed E-state index contributed by atoms with van der Waals surface area (Å²) in [5.41, 5.74) is 1.90. The molecular formula is C13H12Cl2N2O2S. The second-order valence-corrected chi connectivity index (χ2v) is 6.81. The van der Waals surface area contributed by atoms with Crippen LogP contribution in [0.2, 0.25) is 10.2 Å². The maximum absolute atomic E-state index is 12.3. The van der Waals surface area contributed by atoms with Crippen molar-refractivity contribution in [2.24, 2.45) is 0 Å². The van der Waals surface area contributed by atoms with Gasteiger partial charge >= 0.3 is 0 Å². The van der Waals surface area contributed by atoms with Gasteiger partial charge in [-0.15, -0.1) is 0 Å². The molecule has 0 spiro atoms. The van der Waals surface area contributed by atoms with Crippen LogP contribution in [0.1, 0.15) is 11.1 Å². The molecule has 7 heteroatoms. The molecule has 0 amide bonds. The summed E-state index contributed by atoms with van der Waals surface area (Å²) in [6, 6.07) is 6.33. The molecule has 0 fully saturated rings. The Morgan fingerprint density at radius 1 is 1.10 bits per heavy atom. The Labute approximate surface area is 127 Å². The van der Waals surface area contributed by atoms with E-state index in [1.165, 1.54) is 6.07 Å². The molecule has 0 aliphatic heterocycles. The van der Waals surface area contributed by atoms with E-state index in [0.29, 0.717) is 0 Å². The number of nitrogens with zero attached hydrogens (tertiary/aromatic N) is 1. The number of nitrogens with one attached hydrogen (secondary N) is 1. The van der Waals surface area contributed by atoms with Crippen molar-refractivity contribution in [2.45, 2.75) is 18.7 Å². The Balaban J connectivity index is 2.43. The molecule has 0 aliphatic rings. The maximum atomic E-state index is 12.3. The minimum Gasteiger partial charge on any atom is -0.276 e. The van der Waals surface area contributed by atoms with Gasteiger partial charge < -0.3 is 0 Å². The molecule has 106 valence electrons. The van der Waals surface area contributed by atoms with Crippen LogP contribution in [-0.4, -0.2) is 13.4 Å². The summed E-state index contributed by atoms with van der Waals surface area (Å²) >= 11 is 11.9. The summed E-state index contributed by atoms with van der Waals surface area (Å²) in [7, 11) is -3.81. The third kappa shape index (κ3) is 3.23. The lowest BCUT2D eigenvalue weighted by Gasteiger charge is -2.11. The van der Waals surface area contributed by atoms with Crippen molar-refractivity contribution in [1.82, 2.24) is 4.98 Å². The predicted molar refractivity (Wildman–Crippen MR) is 81.0 cm³/mol. The van der Waals surface area contributed by atoms with Crippen LogP contribution in [0.4, 0.5) is 5.69 Å². The quantitative estimate of drug-likeness (QED) is 0.870. The van der Waals surface area contributed by atoms with Crippen molar-refractivity contribution < 1.29 is 8.42 Å². The standard InChI is InChI=1S/C13H12Cl2N2O2S/c1-8-3-4-12(10(14)5-8)20(18,19)17-11-6-9(2)7-16-13(11)15/h3-7,17H,1-2H3. The fourth-order valence-corrected chi connectivity index (χ4v) is 3.51. The van der Waals surface area contributed by atoms with Crippen molar-refractivity contribution in [2.75, 3.05) is 4.72 Å². The van der Waals surface area contributed by atoms with Gasteiger partial charge in [0, 0.05) is 6.20 Å². The summed E-state index contributed by atoms with van der Waals surface area (Å²) in [5.74, 6) is 0. The molecular weight excluding hydrogens is 319 g/mol. The van der Waals surface area contributed by atoms with Gasteiger partial charge in [0.2, 0.25) is 0 Å². The predicted octanol–water partition coefficient (Wildman–Crippen LogP) is 3.81. The van der Waals surface area contributed by atoms with Crippen molar-refractivity contribution in [3.63, 3.8) is 0 Å². The number of hydrogen-bond donors (Lipinski definition) is 1. The molecule has 4 nitrogen and oxygen atoms in total. The second-order valence-electron chi connectivity index (χ2n) is 4.39. The number of anilines is 1. The summed E-state index contributed by atoms with van der Waals surface area (Å²) in [4.78, 5) is 3.90. The van der Waals surface area contributed by atoms with Crippen molar-refractivity contribution >= 4 is 38.9 Å². The summed E-state index contributed by atoms with van der Waals surface area (Å²) < 4.78 is 27.0. The van der Waals surface area contributed by atoms with Crippen LogP contribution in [0.5, 0.6) is 0 Å². The first-order valence-electron chi connectivity index (χ1n) is 5.71. The van der Waals surface area contributed by atoms with E-state index in [0.717, 1.165) is 11.1 Å². The minimum absolute atomic E-state index is 0.00217. The molecule has 1 aromatic carbocycles. The van der Waals surface area contributed by atoms with Gasteiger partial charge in [0.15, 0.2) is 5.15 Å². The number of sulfonamides is 1. The second kappa shape index (κ2) is 5.60.